The standard InChI is InChI=1S/C20H15N5O3/c1-27-13-7-8-17(28-2)14(9-13)19(26)23-18-12(10-21)11-25-16-6-4-3-5-15(16)22-20(25)24-18/h3-9,11H,1-2H3,(H,22,23,24,26). The van der Waals surface area contributed by atoms with Crippen LogP contribution in [0.3, 0.4) is 0 Å². The zero-order valence-electron chi connectivity index (χ0n) is 15.1. The minimum Gasteiger partial charge on any atom is -0.497 e. The lowest BCUT2D eigenvalue weighted by Gasteiger charge is -2.11. The van der Waals surface area contributed by atoms with Crippen molar-refractivity contribution in [3.63, 3.8) is 0 Å². The minimum absolute atomic E-state index is 0.125. The van der Waals surface area contributed by atoms with Gasteiger partial charge in [0.1, 0.15) is 23.1 Å². The molecule has 0 bridgehead atoms. The summed E-state index contributed by atoms with van der Waals surface area (Å²) in [5.74, 6) is 0.923. The van der Waals surface area contributed by atoms with Gasteiger partial charge in [0.05, 0.1) is 30.8 Å². The van der Waals surface area contributed by atoms with Gasteiger partial charge in [0.2, 0.25) is 5.78 Å². The summed E-state index contributed by atoms with van der Waals surface area (Å²) in [5.41, 5.74) is 2.05. The molecule has 8 nitrogen and oxygen atoms in total. The average molecular weight is 373 g/mol. The first kappa shape index (κ1) is 17.3. The fourth-order valence-electron chi connectivity index (χ4n) is 2.93. The summed E-state index contributed by atoms with van der Waals surface area (Å²) < 4.78 is 12.1. The van der Waals surface area contributed by atoms with E-state index in [-0.39, 0.29) is 16.9 Å². The van der Waals surface area contributed by atoms with E-state index in [9.17, 15) is 10.1 Å². The Morgan fingerprint density at radius 2 is 1.96 bits per heavy atom. The van der Waals surface area contributed by atoms with Gasteiger partial charge in [0, 0.05) is 6.20 Å². The van der Waals surface area contributed by atoms with Gasteiger partial charge in [-0.05, 0) is 30.3 Å². The second-order valence-electron chi connectivity index (χ2n) is 5.91. The molecule has 0 aliphatic heterocycles. The van der Waals surface area contributed by atoms with E-state index in [4.69, 9.17) is 9.47 Å². The number of amides is 1. The van der Waals surface area contributed by atoms with Crippen LogP contribution in [0.4, 0.5) is 5.82 Å². The Kier molecular flexibility index (Phi) is 4.26. The summed E-state index contributed by atoms with van der Waals surface area (Å²) in [4.78, 5) is 21.6. The van der Waals surface area contributed by atoms with Crippen molar-refractivity contribution in [2.75, 3.05) is 19.5 Å². The lowest BCUT2D eigenvalue weighted by Crippen LogP contribution is -2.16. The fraction of sp³-hybridized carbons (Fsp3) is 0.100. The van der Waals surface area contributed by atoms with Crippen molar-refractivity contribution in [3.05, 3.63) is 59.8 Å². The van der Waals surface area contributed by atoms with E-state index >= 15 is 0 Å². The van der Waals surface area contributed by atoms with E-state index in [0.717, 1.165) is 11.0 Å². The van der Waals surface area contributed by atoms with Crippen LogP contribution in [0.15, 0.2) is 48.7 Å². The lowest BCUT2D eigenvalue weighted by atomic mass is 10.1. The van der Waals surface area contributed by atoms with Gasteiger partial charge in [-0.15, -0.1) is 0 Å². The Balaban J connectivity index is 1.78. The molecular formula is C20H15N5O3. The molecule has 2 heterocycles. The number of methoxy groups -OCH3 is 2. The van der Waals surface area contributed by atoms with Gasteiger partial charge in [-0.1, -0.05) is 12.1 Å². The Bertz CT molecular complexity index is 1260. The number of nitrogens with one attached hydrogen (secondary N) is 1. The molecule has 0 atom stereocenters. The van der Waals surface area contributed by atoms with Crippen LogP contribution in [0.2, 0.25) is 0 Å². The maximum atomic E-state index is 12.8. The van der Waals surface area contributed by atoms with Crippen molar-refractivity contribution in [1.82, 2.24) is 14.4 Å². The molecule has 1 N–H and O–H groups in total. The molecule has 0 radical (unpaired) electrons. The summed E-state index contributed by atoms with van der Waals surface area (Å²) in [6.45, 7) is 0. The molecule has 0 saturated heterocycles. The predicted octanol–water partition coefficient (Wildman–Crippen LogP) is 3.02. The maximum Gasteiger partial charge on any atom is 0.260 e. The van der Waals surface area contributed by atoms with Crippen molar-refractivity contribution in [2.45, 2.75) is 0 Å². The molecule has 138 valence electrons. The topological polar surface area (TPSA) is 102 Å². The summed E-state index contributed by atoms with van der Waals surface area (Å²) in [6.07, 6.45) is 1.61. The van der Waals surface area contributed by atoms with Crippen molar-refractivity contribution in [1.29, 1.82) is 5.26 Å². The molecule has 4 rings (SSSR count). The number of para-hydroxylation sites is 2. The number of rotatable bonds is 4. The molecule has 0 aliphatic carbocycles. The Labute approximate surface area is 160 Å². The number of hydrogen-bond acceptors (Lipinski definition) is 6. The first-order valence-corrected chi connectivity index (χ1v) is 8.36. The van der Waals surface area contributed by atoms with Crippen LogP contribution in [0.5, 0.6) is 11.5 Å². The Hall–Kier alpha value is -4.12. The highest BCUT2D eigenvalue weighted by atomic mass is 16.5. The third-order valence-corrected chi connectivity index (χ3v) is 4.31. The van der Waals surface area contributed by atoms with E-state index in [1.54, 1.807) is 28.8 Å². The largest absolute Gasteiger partial charge is 0.497 e. The summed E-state index contributed by atoms with van der Waals surface area (Å²) >= 11 is 0. The zero-order valence-corrected chi connectivity index (χ0v) is 15.1. The number of nitrogens with zero attached hydrogens (tertiary/aromatic N) is 4. The van der Waals surface area contributed by atoms with E-state index in [1.807, 2.05) is 24.3 Å². The van der Waals surface area contributed by atoms with E-state index in [2.05, 4.69) is 21.4 Å². The molecule has 0 aliphatic rings. The number of carbonyl (C=O) groups excluding carboxylic acids is 1. The molecule has 1 amide bonds. The second kappa shape index (κ2) is 6.89. The summed E-state index contributed by atoms with van der Waals surface area (Å²) in [7, 11) is 2.98. The van der Waals surface area contributed by atoms with Crippen LogP contribution >= 0.6 is 0 Å². The highest BCUT2D eigenvalue weighted by Gasteiger charge is 2.18. The normalized spacial score (nSPS) is 10.6. The van der Waals surface area contributed by atoms with Gasteiger partial charge in [-0.25, -0.2) is 4.98 Å². The van der Waals surface area contributed by atoms with Gasteiger partial charge in [-0.2, -0.15) is 10.2 Å². The maximum absolute atomic E-state index is 12.8. The van der Waals surface area contributed by atoms with Crippen molar-refractivity contribution in [2.24, 2.45) is 0 Å². The van der Waals surface area contributed by atoms with E-state index in [0.29, 0.717) is 17.3 Å². The number of hydrogen-bond donors (Lipinski definition) is 1. The van der Waals surface area contributed by atoms with Gasteiger partial charge in [0.25, 0.3) is 5.91 Å². The minimum atomic E-state index is -0.472. The number of imidazole rings is 1. The zero-order chi connectivity index (χ0) is 19.7. The first-order chi connectivity index (χ1) is 13.6. The molecule has 0 spiro atoms. The van der Waals surface area contributed by atoms with Gasteiger partial charge < -0.3 is 14.8 Å². The predicted molar refractivity (Wildman–Crippen MR) is 103 cm³/mol. The molecule has 0 fully saturated rings. The Morgan fingerprint density at radius 1 is 1.14 bits per heavy atom. The highest BCUT2D eigenvalue weighted by Crippen LogP contribution is 2.26. The molecular weight excluding hydrogens is 358 g/mol. The van der Waals surface area contributed by atoms with Crippen LogP contribution in [-0.2, 0) is 0 Å². The number of ether oxygens (including phenoxy) is 2. The van der Waals surface area contributed by atoms with Gasteiger partial charge in [-0.3, -0.25) is 9.20 Å². The first-order valence-electron chi connectivity index (χ1n) is 8.36. The quantitative estimate of drug-likeness (QED) is 0.590. The van der Waals surface area contributed by atoms with Crippen molar-refractivity contribution >= 4 is 28.5 Å². The van der Waals surface area contributed by atoms with Crippen molar-refractivity contribution < 1.29 is 14.3 Å². The Morgan fingerprint density at radius 3 is 2.71 bits per heavy atom. The number of aromatic nitrogens is 3. The molecule has 0 saturated carbocycles. The highest BCUT2D eigenvalue weighted by molar-refractivity contribution is 6.06. The molecule has 8 heteroatoms. The summed E-state index contributed by atoms with van der Waals surface area (Å²) in [6, 6.07) is 14.5. The number of nitriles is 1. The van der Waals surface area contributed by atoms with Gasteiger partial charge in [0.15, 0.2) is 5.82 Å². The van der Waals surface area contributed by atoms with Crippen LogP contribution in [0.25, 0.3) is 16.8 Å². The third-order valence-electron chi connectivity index (χ3n) is 4.31. The number of fused-ring (bicyclic) bond motifs is 3. The van der Waals surface area contributed by atoms with Crippen LogP contribution in [-0.4, -0.2) is 34.5 Å². The van der Waals surface area contributed by atoms with Gasteiger partial charge >= 0.3 is 0 Å². The number of benzene rings is 2. The lowest BCUT2D eigenvalue weighted by molar-refractivity contribution is 0.102. The number of carbonyl (C=O) groups is 1. The number of anilines is 1. The van der Waals surface area contributed by atoms with Crippen LogP contribution in [0.1, 0.15) is 15.9 Å². The van der Waals surface area contributed by atoms with E-state index in [1.165, 1.54) is 14.2 Å². The van der Waals surface area contributed by atoms with Crippen LogP contribution < -0.4 is 14.8 Å². The van der Waals surface area contributed by atoms with Crippen molar-refractivity contribution in [3.8, 4) is 17.6 Å². The SMILES string of the molecule is COc1ccc(OC)c(C(=O)Nc2nc3nc4ccccc4n3cc2C#N)c1. The van der Waals surface area contributed by atoms with E-state index < -0.39 is 5.91 Å². The molecule has 28 heavy (non-hydrogen) atoms. The fourth-order valence-corrected chi connectivity index (χ4v) is 2.93. The smallest absolute Gasteiger partial charge is 0.260 e. The third kappa shape index (κ3) is 2.85. The second-order valence-corrected chi connectivity index (χ2v) is 5.91. The molecule has 4 aromatic rings. The monoisotopic (exact) mass is 373 g/mol. The molecule has 2 aromatic heterocycles. The molecule has 0 unspecified atom stereocenters. The average Bonchev–Trinajstić information content (AvgIpc) is 3.09. The summed E-state index contributed by atoms with van der Waals surface area (Å²) in [5, 5.41) is 12.2. The molecule has 2 aromatic carbocycles. The van der Waals surface area contributed by atoms with Crippen LogP contribution in [0, 0.1) is 11.3 Å².